The Kier molecular flexibility index (Phi) is 3.25. The maximum Gasteiger partial charge on any atom is 0.130 e. The molecule has 0 heterocycles. The first kappa shape index (κ1) is 10.4. The Morgan fingerprint density at radius 3 is 2.46 bits per heavy atom. The number of hydrogen-bond acceptors (Lipinski definition) is 2. The second kappa shape index (κ2) is 4.05. The van der Waals surface area contributed by atoms with Crippen molar-refractivity contribution in [3.05, 3.63) is 34.6 Å². The maximum atomic E-state index is 13.1. The van der Waals surface area contributed by atoms with Gasteiger partial charge in [0.25, 0.3) is 0 Å². The smallest absolute Gasteiger partial charge is 0.130 e. The van der Waals surface area contributed by atoms with Crippen LogP contribution in [0.25, 0.3) is 0 Å². The van der Waals surface area contributed by atoms with Crippen molar-refractivity contribution in [1.82, 2.24) is 0 Å². The molecule has 0 spiro atoms. The van der Waals surface area contributed by atoms with Gasteiger partial charge in [-0.15, -0.1) is 0 Å². The summed E-state index contributed by atoms with van der Waals surface area (Å²) in [6.07, 6.45) is -2.33. The van der Waals surface area contributed by atoms with E-state index in [1.54, 1.807) is 0 Å². The topological polar surface area (TPSA) is 40.5 Å². The molecule has 1 aromatic rings. The highest BCUT2D eigenvalue weighted by Gasteiger charge is 2.20. The van der Waals surface area contributed by atoms with Crippen molar-refractivity contribution >= 4 is 11.6 Å². The highest BCUT2D eigenvalue weighted by Crippen LogP contribution is 2.27. The quantitative estimate of drug-likeness (QED) is 0.773. The number of halogens is 2. The van der Waals surface area contributed by atoms with E-state index in [2.05, 4.69) is 0 Å². The first-order valence-corrected chi connectivity index (χ1v) is 4.22. The van der Waals surface area contributed by atoms with E-state index in [1.165, 1.54) is 25.1 Å². The van der Waals surface area contributed by atoms with Crippen LogP contribution in [0.5, 0.6) is 0 Å². The third-order valence-electron chi connectivity index (χ3n) is 1.75. The molecule has 0 aliphatic rings. The normalized spacial score (nSPS) is 15.5. The largest absolute Gasteiger partial charge is 0.390 e. The van der Waals surface area contributed by atoms with Crippen LogP contribution in [0.4, 0.5) is 4.39 Å². The average Bonchev–Trinajstić information content (AvgIpc) is 2.03. The molecule has 0 bridgehead atoms. The van der Waals surface area contributed by atoms with Crippen LogP contribution in [-0.2, 0) is 0 Å². The lowest BCUT2D eigenvalue weighted by Crippen LogP contribution is -2.15. The van der Waals surface area contributed by atoms with Crippen molar-refractivity contribution in [2.45, 2.75) is 19.1 Å². The van der Waals surface area contributed by atoms with Crippen LogP contribution in [0.2, 0.25) is 5.02 Å². The molecular formula is C9H10ClFO2. The second-order valence-electron chi connectivity index (χ2n) is 2.82. The predicted molar refractivity (Wildman–Crippen MR) is 48.1 cm³/mol. The van der Waals surface area contributed by atoms with Crippen LogP contribution >= 0.6 is 11.6 Å². The summed E-state index contributed by atoms with van der Waals surface area (Å²) in [5.74, 6) is -0.610. The van der Waals surface area contributed by atoms with E-state index in [0.717, 1.165) is 0 Å². The second-order valence-corrected chi connectivity index (χ2v) is 3.23. The molecule has 0 unspecified atom stereocenters. The zero-order valence-corrected chi connectivity index (χ0v) is 7.79. The van der Waals surface area contributed by atoms with Gasteiger partial charge < -0.3 is 10.2 Å². The van der Waals surface area contributed by atoms with Crippen LogP contribution in [0, 0.1) is 5.82 Å². The zero-order valence-electron chi connectivity index (χ0n) is 7.04. The van der Waals surface area contributed by atoms with Gasteiger partial charge in [-0.1, -0.05) is 17.7 Å². The Balaban J connectivity index is 3.12. The van der Waals surface area contributed by atoms with Crippen molar-refractivity contribution in [3.8, 4) is 0 Å². The minimum absolute atomic E-state index is 0.0563. The van der Waals surface area contributed by atoms with Gasteiger partial charge in [0.05, 0.1) is 6.10 Å². The highest BCUT2D eigenvalue weighted by atomic mass is 35.5. The monoisotopic (exact) mass is 204 g/mol. The summed E-state index contributed by atoms with van der Waals surface area (Å²) in [6.45, 7) is 1.37. The van der Waals surface area contributed by atoms with Gasteiger partial charge in [0.1, 0.15) is 11.9 Å². The lowest BCUT2D eigenvalue weighted by atomic mass is 10.1. The molecule has 2 N–H and O–H groups in total. The Bertz CT molecular complexity index is 281. The van der Waals surface area contributed by atoms with E-state index in [1.807, 2.05) is 0 Å². The van der Waals surface area contributed by atoms with Gasteiger partial charge in [0.15, 0.2) is 0 Å². The molecule has 1 aromatic carbocycles. The molecule has 0 aliphatic carbocycles. The fourth-order valence-electron chi connectivity index (χ4n) is 1.03. The molecule has 4 heteroatoms. The van der Waals surface area contributed by atoms with E-state index >= 15 is 0 Å². The van der Waals surface area contributed by atoms with Gasteiger partial charge in [-0.3, -0.25) is 0 Å². The molecule has 2 atom stereocenters. The standard InChI is InChI=1S/C9H10ClFO2/c1-5(12)9(13)8-6(10)3-2-4-7(8)11/h2-5,9,12-13H,1H3/t5-,9+/m1/s1. The summed E-state index contributed by atoms with van der Waals surface area (Å²) < 4.78 is 13.1. The molecule has 2 nitrogen and oxygen atoms in total. The fraction of sp³-hybridized carbons (Fsp3) is 0.333. The highest BCUT2D eigenvalue weighted by molar-refractivity contribution is 6.31. The summed E-state index contributed by atoms with van der Waals surface area (Å²) in [5.41, 5.74) is -0.0563. The SMILES string of the molecule is C[C@@H](O)[C@H](O)c1c(F)cccc1Cl. The molecule has 0 fully saturated rings. The molecule has 0 aliphatic heterocycles. The number of hydrogen-bond donors (Lipinski definition) is 2. The Morgan fingerprint density at radius 1 is 1.38 bits per heavy atom. The summed E-state index contributed by atoms with van der Waals surface area (Å²) in [7, 11) is 0. The third-order valence-corrected chi connectivity index (χ3v) is 2.08. The number of rotatable bonds is 2. The molecule has 0 aromatic heterocycles. The summed E-state index contributed by atoms with van der Waals surface area (Å²) in [4.78, 5) is 0. The first-order chi connectivity index (χ1) is 6.04. The lowest BCUT2D eigenvalue weighted by molar-refractivity contribution is 0.0284. The van der Waals surface area contributed by atoms with Crippen LogP contribution in [0.1, 0.15) is 18.6 Å². The average molecular weight is 205 g/mol. The number of aliphatic hydroxyl groups is 2. The van der Waals surface area contributed by atoms with Gasteiger partial charge in [0.2, 0.25) is 0 Å². The molecule has 1 rings (SSSR count). The first-order valence-electron chi connectivity index (χ1n) is 3.84. The minimum atomic E-state index is -1.28. The van der Waals surface area contributed by atoms with E-state index in [-0.39, 0.29) is 10.6 Å². The molecule has 0 saturated heterocycles. The zero-order chi connectivity index (χ0) is 10.0. The van der Waals surface area contributed by atoms with E-state index in [4.69, 9.17) is 16.7 Å². The molecule has 0 saturated carbocycles. The van der Waals surface area contributed by atoms with Crippen LogP contribution in [-0.4, -0.2) is 16.3 Å². The van der Waals surface area contributed by atoms with E-state index in [0.29, 0.717) is 0 Å². The predicted octanol–water partition coefficient (Wildman–Crippen LogP) is 1.89. The van der Waals surface area contributed by atoms with Crippen LogP contribution < -0.4 is 0 Å². The maximum absolute atomic E-state index is 13.1. The molecule has 13 heavy (non-hydrogen) atoms. The number of aliphatic hydroxyl groups excluding tert-OH is 2. The van der Waals surface area contributed by atoms with Crippen molar-refractivity contribution in [1.29, 1.82) is 0 Å². The molecule has 0 amide bonds. The summed E-state index contributed by atoms with van der Waals surface area (Å²) >= 11 is 5.66. The summed E-state index contributed by atoms with van der Waals surface area (Å²) in [5, 5.41) is 18.6. The number of benzene rings is 1. The van der Waals surface area contributed by atoms with Gasteiger partial charge in [-0.25, -0.2) is 4.39 Å². The van der Waals surface area contributed by atoms with Gasteiger partial charge in [-0.05, 0) is 19.1 Å². The Labute approximate surface area is 80.6 Å². The van der Waals surface area contributed by atoms with Crippen LogP contribution in [0.3, 0.4) is 0 Å². The Hall–Kier alpha value is -0.640. The van der Waals surface area contributed by atoms with Gasteiger partial charge >= 0.3 is 0 Å². The molecular weight excluding hydrogens is 195 g/mol. The molecule has 0 radical (unpaired) electrons. The lowest BCUT2D eigenvalue weighted by Gasteiger charge is -2.15. The van der Waals surface area contributed by atoms with Crippen molar-refractivity contribution in [2.75, 3.05) is 0 Å². The van der Waals surface area contributed by atoms with E-state index < -0.39 is 18.0 Å². The van der Waals surface area contributed by atoms with Crippen molar-refractivity contribution in [3.63, 3.8) is 0 Å². The Morgan fingerprint density at radius 2 is 2.00 bits per heavy atom. The van der Waals surface area contributed by atoms with Crippen molar-refractivity contribution in [2.24, 2.45) is 0 Å². The minimum Gasteiger partial charge on any atom is -0.390 e. The van der Waals surface area contributed by atoms with Gasteiger partial charge in [-0.2, -0.15) is 0 Å². The van der Waals surface area contributed by atoms with Gasteiger partial charge in [0, 0.05) is 10.6 Å². The fourth-order valence-corrected chi connectivity index (χ4v) is 1.31. The van der Waals surface area contributed by atoms with Crippen LogP contribution in [0.15, 0.2) is 18.2 Å². The summed E-state index contributed by atoms with van der Waals surface area (Å²) in [6, 6.07) is 4.09. The van der Waals surface area contributed by atoms with E-state index in [9.17, 15) is 9.50 Å². The molecule has 72 valence electrons. The van der Waals surface area contributed by atoms with Crippen molar-refractivity contribution < 1.29 is 14.6 Å². The third kappa shape index (κ3) is 2.18.